The zero-order valence-electron chi connectivity index (χ0n) is 8.68. The van der Waals surface area contributed by atoms with Gasteiger partial charge in [-0.05, 0) is 24.2 Å². The van der Waals surface area contributed by atoms with E-state index in [1.807, 2.05) is 0 Å². The van der Waals surface area contributed by atoms with Crippen molar-refractivity contribution in [3.63, 3.8) is 0 Å². The van der Waals surface area contributed by atoms with Crippen molar-refractivity contribution in [1.29, 1.82) is 0 Å². The average Bonchev–Trinajstić information content (AvgIpc) is 2.13. The molecule has 2 atom stereocenters. The smallest absolute Gasteiger partial charge is 0.0391 e. The summed E-state index contributed by atoms with van der Waals surface area (Å²) in [6, 6.07) is 0. The minimum atomic E-state index is 0. The fraction of sp³-hybridized carbons (Fsp3) is 1.00. The zero-order valence-corrected chi connectivity index (χ0v) is 8.68. The topological polar surface area (TPSA) is 0 Å². The maximum atomic E-state index is 2.41. The lowest BCUT2D eigenvalue weighted by atomic mass is 9.89. The summed E-state index contributed by atoms with van der Waals surface area (Å²) in [6.45, 7) is 7.16. The van der Waals surface area contributed by atoms with Crippen LogP contribution in [0.3, 0.4) is 0 Å². The molecular formula is C11H23F. The monoisotopic (exact) mass is 174 g/mol. The molecule has 0 N–H and O–H groups in total. The van der Waals surface area contributed by atoms with Crippen LogP contribution < -0.4 is 0 Å². The van der Waals surface area contributed by atoms with E-state index in [4.69, 9.17) is 0 Å². The highest BCUT2D eigenvalue weighted by Crippen LogP contribution is 2.31. The van der Waals surface area contributed by atoms with Crippen LogP contribution in [-0.4, -0.2) is 0 Å². The van der Waals surface area contributed by atoms with E-state index in [1.54, 1.807) is 0 Å². The molecule has 2 unspecified atom stereocenters. The first kappa shape index (κ1) is 11.9. The van der Waals surface area contributed by atoms with E-state index < -0.39 is 0 Å². The first-order chi connectivity index (χ1) is 5.20. The normalized spacial score (nSPS) is 31.0. The lowest BCUT2D eigenvalue weighted by Crippen LogP contribution is -2.06. The Morgan fingerprint density at radius 2 is 1.67 bits per heavy atom. The van der Waals surface area contributed by atoms with Crippen molar-refractivity contribution in [3.8, 4) is 0 Å². The second kappa shape index (κ2) is 5.55. The summed E-state index contributed by atoms with van der Waals surface area (Å²) in [4.78, 5) is 0. The maximum Gasteiger partial charge on any atom is -0.0391 e. The molecule has 0 aromatic rings. The number of hydrogen-bond donors (Lipinski definition) is 0. The zero-order chi connectivity index (χ0) is 8.27. The number of rotatable bonds is 1. The molecule has 1 aliphatic rings. The molecule has 12 heavy (non-hydrogen) atoms. The van der Waals surface area contributed by atoms with Crippen LogP contribution in [0, 0.1) is 17.8 Å². The summed E-state index contributed by atoms with van der Waals surface area (Å²) < 4.78 is 0. The van der Waals surface area contributed by atoms with Crippen molar-refractivity contribution in [3.05, 3.63) is 0 Å². The van der Waals surface area contributed by atoms with Gasteiger partial charge in [-0.15, -0.1) is 0 Å². The van der Waals surface area contributed by atoms with E-state index >= 15 is 0 Å². The average molecular weight is 174 g/mol. The van der Waals surface area contributed by atoms with Gasteiger partial charge < -0.3 is 0 Å². The summed E-state index contributed by atoms with van der Waals surface area (Å²) >= 11 is 0. The molecule has 0 aromatic heterocycles. The van der Waals surface area contributed by atoms with Crippen LogP contribution in [-0.2, 0) is 0 Å². The number of hydrogen-bond acceptors (Lipinski definition) is 0. The fourth-order valence-electron chi connectivity index (χ4n) is 2.18. The Hall–Kier alpha value is -0.0700. The maximum absolute atomic E-state index is 2.41. The van der Waals surface area contributed by atoms with Gasteiger partial charge in [0.05, 0.1) is 0 Å². The Morgan fingerprint density at radius 3 is 2.25 bits per heavy atom. The van der Waals surface area contributed by atoms with Crippen LogP contribution in [0.4, 0.5) is 4.70 Å². The van der Waals surface area contributed by atoms with E-state index in [1.165, 1.54) is 32.1 Å². The Bertz CT molecular complexity index is 110. The molecule has 0 aliphatic heterocycles. The molecule has 1 heteroatoms. The summed E-state index contributed by atoms with van der Waals surface area (Å²) in [5, 5.41) is 0. The molecule has 74 valence electrons. The lowest BCUT2D eigenvalue weighted by Gasteiger charge is -2.17. The highest BCUT2D eigenvalue weighted by molar-refractivity contribution is 4.70. The molecule has 0 nitrogen and oxygen atoms in total. The molecule has 1 saturated carbocycles. The van der Waals surface area contributed by atoms with Crippen molar-refractivity contribution >= 4 is 0 Å². The molecule has 1 fully saturated rings. The van der Waals surface area contributed by atoms with Crippen molar-refractivity contribution in [1.82, 2.24) is 0 Å². The highest BCUT2D eigenvalue weighted by atomic mass is 19.0. The van der Waals surface area contributed by atoms with E-state index in [2.05, 4.69) is 20.8 Å². The third-order valence-corrected chi connectivity index (χ3v) is 3.24. The molecule has 0 aromatic carbocycles. The van der Waals surface area contributed by atoms with Crippen molar-refractivity contribution < 1.29 is 4.70 Å². The summed E-state index contributed by atoms with van der Waals surface area (Å²) in [5.74, 6) is 2.94. The molecule has 0 spiro atoms. The van der Waals surface area contributed by atoms with Gasteiger partial charge in [0.15, 0.2) is 0 Å². The molecule has 0 bridgehead atoms. The molecule has 0 radical (unpaired) electrons. The molecule has 0 amide bonds. The minimum Gasteiger partial charge on any atom is -0.269 e. The standard InChI is InChI=1S/C11H22.FH/c1-9(2)11-6-4-5-10(3)7-8-11;/h9-11H,4-8H2,1-3H3;1H. The lowest BCUT2D eigenvalue weighted by molar-refractivity contribution is 0.338. The first-order valence-electron chi connectivity index (χ1n) is 5.20. The fourth-order valence-corrected chi connectivity index (χ4v) is 2.18. The quantitative estimate of drug-likeness (QED) is 0.527. The second-order valence-corrected chi connectivity index (χ2v) is 4.62. The van der Waals surface area contributed by atoms with Gasteiger partial charge in [0.25, 0.3) is 0 Å². The number of halogens is 1. The second-order valence-electron chi connectivity index (χ2n) is 4.62. The summed E-state index contributed by atoms with van der Waals surface area (Å²) in [5.41, 5.74) is 0. The highest BCUT2D eigenvalue weighted by Gasteiger charge is 2.18. The third-order valence-electron chi connectivity index (χ3n) is 3.24. The van der Waals surface area contributed by atoms with Crippen LogP contribution in [0.15, 0.2) is 0 Å². The van der Waals surface area contributed by atoms with Gasteiger partial charge in [0.1, 0.15) is 0 Å². The predicted octanol–water partition coefficient (Wildman–Crippen LogP) is 4.01. The summed E-state index contributed by atoms with van der Waals surface area (Å²) in [7, 11) is 0. The van der Waals surface area contributed by atoms with Gasteiger partial charge >= 0.3 is 0 Å². The van der Waals surface area contributed by atoms with Gasteiger partial charge in [0.2, 0.25) is 0 Å². The largest absolute Gasteiger partial charge is 0.269 e. The first-order valence-corrected chi connectivity index (χ1v) is 5.20. The van der Waals surface area contributed by atoms with Crippen LogP contribution in [0.25, 0.3) is 0 Å². The van der Waals surface area contributed by atoms with Gasteiger partial charge in [-0.1, -0.05) is 46.5 Å². The van der Waals surface area contributed by atoms with Gasteiger partial charge in [-0.25, -0.2) is 0 Å². The third kappa shape index (κ3) is 3.55. The molecule has 1 rings (SSSR count). The van der Waals surface area contributed by atoms with Crippen LogP contribution in [0.2, 0.25) is 0 Å². The molecular weight excluding hydrogens is 151 g/mol. The Balaban J connectivity index is 0.00000121. The Morgan fingerprint density at radius 1 is 1.00 bits per heavy atom. The van der Waals surface area contributed by atoms with Crippen LogP contribution in [0.1, 0.15) is 52.9 Å². The Labute approximate surface area is 76.1 Å². The summed E-state index contributed by atoms with van der Waals surface area (Å²) in [6.07, 6.45) is 7.40. The molecule has 0 heterocycles. The SMILES string of the molecule is CC1CCCC(C(C)C)CC1.F. The molecule has 1 aliphatic carbocycles. The van der Waals surface area contributed by atoms with E-state index in [-0.39, 0.29) is 4.70 Å². The van der Waals surface area contributed by atoms with Gasteiger partial charge in [-0.2, -0.15) is 0 Å². The van der Waals surface area contributed by atoms with Crippen LogP contribution >= 0.6 is 0 Å². The van der Waals surface area contributed by atoms with E-state index in [0.29, 0.717) is 0 Å². The van der Waals surface area contributed by atoms with Crippen LogP contribution in [0.5, 0.6) is 0 Å². The van der Waals surface area contributed by atoms with E-state index in [0.717, 1.165) is 17.8 Å². The van der Waals surface area contributed by atoms with Crippen molar-refractivity contribution in [2.75, 3.05) is 0 Å². The van der Waals surface area contributed by atoms with Gasteiger partial charge in [-0.3, -0.25) is 4.70 Å². The van der Waals surface area contributed by atoms with Gasteiger partial charge in [0, 0.05) is 0 Å². The minimum absolute atomic E-state index is 0. The predicted molar refractivity (Wildman–Crippen MR) is 53.1 cm³/mol. The Kier molecular flexibility index (Phi) is 5.52. The van der Waals surface area contributed by atoms with Crippen molar-refractivity contribution in [2.45, 2.75) is 52.9 Å². The van der Waals surface area contributed by atoms with Crippen molar-refractivity contribution in [2.24, 2.45) is 17.8 Å². The molecule has 0 saturated heterocycles. The van der Waals surface area contributed by atoms with E-state index in [9.17, 15) is 0 Å².